The maximum absolute atomic E-state index is 12.2. The van der Waals surface area contributed by atoms with E-state index < -0.39 is 10.0 Å². The highest BCUT2D eigenvalue weighted by Crippen LogP contribution is 2.17. The van der Waals surface area contributed by atoms with Gasteiger partial charge in [-0.15, -0.1) is 0 Å². The van der Waals surface area contributed by atoms with Crippen LogP contribution in [0, 0.1) is 0 Å². The summed E-state index contributed by atoms with van der Waals surface area (Å²) in [5, 5.41) is 6.76. The Morgan fingerprint density at radius 3 is 2.89 bits per heavy atom. The molecular weight excluding hydrogens is 282 g/mol. The molecule has 0 bridgehead atoms. The van der Waals surface area contributed by atoms with E-state index in [1.807, 2.05) is 16.8 Å². The summed E-state index contributed by atoms with van der Waals surface area (Å²) in [5.41, 5.74) is 1.13. The zero-order chi connectivity index (χ0) is 13.7. The van der Waals surface area contributed by atoms with Crippen LogP contribution < -0.4 is 10.0 Å². The quantitative estimate of drug-likeness (QED) is 0.851. The number of nitrogens with zero attached hydrogens (tertiary/aromatic N) is 1. The van der Waals surface area contributed by atoms with Gasteiger partial charge in [0, 0.05) is 19.8 Å². The third-order valence-corrected chi connectivity index (χ3v) is 4.81. The van der Waals surface area contributed by atoms with Gasteiger partial charge >= 0.3 is 0 Å². The largest absolute Gasteiger partial charge is 0.372 e. The van der Waals surface area contributed by atoms with E-state index in [1.165, 1.54) is 6.07 Å². The molecule has 0 fully saturated rings. The minimum Gasteiger partial charge on any atom is -0.372 e. The zero-order valence-corrected chi connectivity index (χ0v) is 12.1. The second-order valence-electron chi connectivity index (χ2n) is 3.88. The predicted molar refractivity (Wildman–Crippen MR) is 77.0 cm³/mol. The van der Waals surface area contributed by atoms with Crippen LogP contribution in [0.4, 0.5) is 5.82 Å². The number of hydrogen-bond donors (Lipinski definition) is 2. The second kappa shape index (κ2) is 6.14. The van der Waals surface area contributed by atoms with Crippen LogP contribution in [-0.4, -0.2) is 27.0 Å². The Balaban J connectivity index is 2.05. The normalized spacial score (nSPS) is 11.4. The van der Waals surface area contributed by atoms with Crippen LogP contribution in [0.15, 0.2) is 40.1 Å². The van der Waals surface area contributed by atoms with Crippen molar-refractivity contribution in [3.63, 3.8) is 0 Å². The lowest BCUT2D eigenvalue weighted by Crippen LogP contribution is -2.26. The maximum atomic E-state index is 12.2. The van der Waals surface area contributed by atoms with Gasteiger partial charge in [0.1, 0.15) is 10.7 Å². The van der Waals surface area contributed by atoms with Gasteiger partial charge in [0.15, 0.2) is 0 Å². The van der Waals surface area contributed by atoms with Crippen molar-refractivity contribution in [2.75, 3.05) is 18.9 Å². The fourth-order valence-electron chi connectivity index (χ4n) is 1.64. The molecule has 0 unspecified atom stereocenters. The van der Waals surface area contributed by atoms with E-state index in [0.29, 0.717) is 18.8 Å². The van der Waals surface area contributed by atoms with Gasteiger partial charge in [0.05, 0.1) is 0 Å². The van der Waals surface area contributed by atoms with Crippen molar-refractivity contribution in [3.8, 4) is 0 Å². The lowest BCUT2D eigenvalue weighted by atomic mass is 10.2. The van der Waals surface area contributed by atoms with E-state index in [4.69, 9.17) is 0 Å². The molecule has 0 saturated carbocycles. The molecule has 0 aliphatic rings. The SMILES string of the molecule is CNc1ncccc1S(=O)(=O)NCCc1ccsc1. The van der Waals surface area contributed by atoms with Crippen LogP contribution in [0.25, 0.3) is 0 Å². The molecule has 0 spiro atoms. The predicted octanol–water partition coefficient (Wildman–Crippen LogP) is 1.71. The molecule has 2 heterocycles. The van der Waals surface area contributed by atoms with Crippen molar-refractivity contribution in [3.05, 3.63) is 40.7 Å². The van der Waals surface area contributed by atoms with Crippen LogP contribution in [0.3, 0.4) is 0 Å². The standard InChI is InChI=1S/C12H15N3O2S2/c1-13-12-11(3-2-6-14-12)19(16,17)15-7-4-10-5-8-18-9-10/h2-3,5-6,8-9,15H,4,7H2,1H3,(H,13,14). The highest BCUT2D eigenvalue weighted by Gasteiger charge is 2.17. The molecule has 2 rings (SSSR count). The van der Waals surface area contributed by atoms with E-state index in [1.54, 1.807) is 30.6 Å². The minimum atomic E-state index is -3.53. The molecule has 7 heteroatoms. The summed E-state index contributed by atoms with van der Waals surface area (Å²) in [6.07, 6.45) is 2.23. The van der Waals surface area contributed by atoms with E-state index in [2.05, 4.69) is 15.0 Å². The first-order valence-corrected chi connectivity index (χ1v) is 8.19. The van der Waals surface area contributed by atoms with Crippen LogP contribution >= 0.6 is 11.3 Å². The first-order chi connectivity index (χ1) is 9.13. The van der Waals surface area contributed by atoms with Crippen LogP contribution in [0.2, 0.25) is 0 Å². The molecule has 0 aromatic carbocycles. The summed E-state index contributed by atoms with van der Waals surface area (Å²) < 4.78 is 26.9. The minimum absolute atomic E-state index is 0.169. The number of anilines is 1. The fourth-order valence-corrected chi connectivity index (χ4v) is 3.53. The summed E-state index contributed by atoms with van der Waals surface area (Å²) in [5.74, 6) is 0.352. The summed E-state index contributed by atoms with van der Waals surface area (Å²) in [4.78, 5) is 4.16. The van der Waals surface area contributed by atoms with Crippen LogP contribution in [0.1, 0.15) is 5.56 Å². The topological polar surface area (TPSA) is 71.1 Å². The monoisotopic (exact) mass is 297 g/mol. The molecule has 0 saturated heterocycles. The Hall–Kier alpha value is -1.44. The first kappa shape index (κ1) is 14.0. The van der Waals surface area contributed by atoms with Gasteiger partial charge in [-0.05, 0) is 40.9 Å². The van der Waals surface area contributed by atoms with E-state index in [0.717, 1.165) is 5.56 Å². The molecule has 19 heavy (non-hydrogen) atoms. The Morgan fingerprint density at radius 2 is 2.21 bits per heavy atom. The summed E-state index contributed by atoms with van der Waals surface area (Å²) in [6, 6.07) is 5.13. The molecule has 0 radical (unpaired) electrons. The Bertz CT molecular complexity index is 624. The van der Waals surface area contributed by atoms with E-state index in [-0.39, 0.29) is 4.90 Å². The average molecular weight is 297 g/mol. The average Bonchev–Trinajstić information content (AvgIpc) is 2.91. The lowest BCUT2D eigenvalue weighted by molar-refractivity contribution is 0.581. The van der Waals surface area contributed by atoms with Gasteiger partial charge in [0.2, 0.25) is 10.0 Å². The van der Waals surface area contributed by atoms with Crippen molar-refractivity contribution >= 4 is 27.2 Å². The molecule has 0 aliphatic heterocycles. The number of pyridine rings is 1. The number of rotatable bonds is 6. The lowest BCUT2D eigenvalue weighted by Gasteiger charge is -2.09. The van der Waals surface area contributed by atoms with Gasteiger partial charge < -0.3 is 5.32 Å². The van der Waals surface area contributed by atoms with Crippen LogP contribution in [-0.2, 0) is 16.4 Å². The zero-order valence-electron chi connectivity index (χ0n) is 10.5. The van der Waals surface area contributed by atoms with Crippen molar-refractivity contribution in [1.29, 1.82) is 0 Å². The van der Waals surface area contributed by atoms with Gasteiger partial charge in [-0.25, -0.2) is 18.1 Å². The number of nitrogens with one attached hydrogen (secondary N) is 2. The molecule has 2 aromatic heterocycles. The van der Waals surface area contributed by atoms with Crippen molar-refractivity contribution in [2.24, 2.45) is 0 Å². The van der Waals surface area contributed by atoms with Crippen molar-refractivity contribution < 1.29 is 8.42 Å². The van der Waals surface area contributed by atoms with Crippen LogP contribution in [0.5, 0.6) is 0 Å². The smallest absolute Gasteiger partial charge is 0.244 e. The molecule has 2 aromatic rings. The molecule has 0 atom stereocenters. The van der Waals surface area contributed by atoms with Gasteiger partial charge in [-0.2, -0.15) is 11.3 Å². The molecule has 0 aliphatic carbocycles. The van der Waals surface area contributed by atoms with E-state index in [9.17, 15) is 8.42 Å². The van der Waals surface area contributed by atoms with Gasteiger partial charge in [-0.1, -0.05) is 0 Å². The summed E-state index contributed by atoms with van der Waals surface area (Å²) >= 11 is 1.60. The molecular formula is C12H15N3O2S2. The second-order valence-corrected chi connectivity index (χ2v) is 6.39. The Labute approximate surface area is 116 Å². The highest BCUT2D eigenvalue weighted by atomic mass is 32.2. The molecule has 2 N–H and O–H groups in total. The third kappa shape index (κ3) is 3.52. The number of sulfonamides is 1. The molecule has 5 nitrogen and oxygen atoms in total. The first-order valence-electron chi connectivity index (χ1n) is 5.77. The van der Waals surface area contributed by atoms with Gasteiger partial charge in [0.25, 0.3) is 0 Å². The highest BCUT2D eigenvalue weighted by molar-refractivity contribution is 7.89. The fraction of sp³-hybridized carbons (Fsp3) is 0.250. The molecule has 102 valence electrons. The Morgan fingerprint density at radius 1 is 1.37 bits per heavy atom. The molecule has 0 amide bonds. The number of hydrogen-bond acceptors (Lipinski definition) is 5. The maximum Gasteiger partial charge on any atom is 0.244 e. The summed E-state index contributed by atoms with van der Waals surface area (Å²) in [7, 11) is -1.88. The third-order valence-electron chi connectivity index (χ3n) is 2.58. The number of aromatic nitrogens is 1. The number of thiophene rings is 1. The Kier molecular flexibility index (Phi) is 4.52. The van der Waals surface area contributed by atoms with Gasteiger partial charge in [-0.3, -0.25) is 0 Å². The van der Waals surface area contributed by atoms with Crippen molar-refractivity contribution in [1.82, 2.24) is 9.71 Å². The van der Waals surface area contributed by atoms with E-state index >= 15 is 0 Å². The summed E-state index contributed by atoms with van der Waals surface area (Å²) in [6.45, 7) is 0.372. The van der Waals surface area contributed by atoms with Crippen molar-refractivity contribution in [2.45, 2.75) is 11.3 Å².